The summed E-state index contributed by atoms with van der Waals surface area (Å²) in [6, 6.07) is 34.0. The Labute approximate surface area is 192 Å². The fourth-order valence-electron chi connectivity index (χ4n) is 3.28. The average molecular weight is 439 g/mol. The zero-order chi connectivity index (χ0) is 22.9. The normalized spacial score (nSPS) is 10.7. The number of halogens is 1. The van der Waals surface area contributed by atoms with Gasteiger partial charge in [-0.3, -0.25) is 4.79 Å². The SMILES string of the molecule is O=C(CNc1ccc(F)cc1)N/N=C/c1ccc(N(c2ccccc2)c2ccccc2)cc1. The van der Waals surface area contributed by atoms with E-state index >= 15 is 0 Å². The van der Waals surface area contributed by atoms with Gasteiger partial charge in [0.1, 0.15) is 5.82 Å². The smallest absolute Gasteiger partial charge is 0.259 e. The quantitative estimate of drug-likeness (QED) is 0.268. The second-order valence-corrected chi connectivity index (χ2v) is 7.25. The van der Waals surface area contributed by atoms with E-state index in [9.17, 15) is 9.18 Å². The molecule has 0 radical (unpaired) electrons. The number of amides is 1. The molecule has 4 aromatic carbocycles. The van der Waals surface area contributed by atoms with Crippen molar-refractivity contribution < 1.29 is 9.18 Å². The predicted molar refractivity (Wildman–Crippen MR) is 132 cm³/mol. The molecule has 2 N–H and O–H groups in total. The highest BCUT2D eigenvalue weighted by Crippen LogP contribution is 2.33. The van der Waals surface area contributed by atoms with Crippen molar-refractivity contribution in [1.29, 1.82) is 0 Å². The number of carbonyl (C=O) groups excluding carboxylic acids is 1. The maximum Gasteiger partial charge on any atom is 0.259 e. The van der Waals surface area contributed by atoms with E-state index in [-0.39, 0.29) is 18.3 Å². The van der Waals surface area contributed by atoms with E-state index in [1.54, 1.807) is 18.3 Å². The highest BCUT2D eigenvalue weighted by Gasteiger charge is 2.11. The number of nitrogens with zero attached hydrogens (tertiary/aromatic N) is 2. The van der Waals surface area contributed by atoms with Crippen molar-refractivity contribution >= 4 is 34.9 Å². The van der Waals surface area contributed by atoms with Gasteiger partial charge in [0.2, 0.25) is 0 Å². The van der Waals surface area contributed by atoms with E-state index in [0.29, 0.717) is 5.69 Å². The Bertz CT molecular complexity index is 1160. The van der Waals surface area contributed by atoms with Crippen molar-refractivity contribution in [2.45, 2.75) is 0 Å². The number of carbonyl (C=O) groups is 1. The highest BCUT2D eigenvalue weighted by molar-refractivity contribution is 5.85. The Balaban J connectivity index is 1.39. The van der Waals surface area contributed by atoms with Crippen LogP contribution in [0.1, 0.15) is 5.56 Å². The van der Waals surface area contributed by atoms with Gasteiger partial charge in [-0.05, 0) is 66.2 Å². The number of anilines is 4. The van der Waals surface area contributed by atoms with E-state index in [2.05, 4.69) is 45.0 Å². The number of nitrogens with one attached hydrogen (secondary N) is 2. The number of hydrogen-bond acceptors (Lipinski definition) is 4. The van der Waals surface area contributed by atoms with Gasteiger partial charge < -0.3 is 10.2 Å². The largest absolute Gasteiger partial charge is 0.376 e. The summed E-state index contributed by atoms with van der Waals surface area (Å²) in [7, 11) is 0. The molecule has 0 unspecified atom stereocenters. The fraction of sp³-hybridized carbons (Fsp3) is 0.0370. The van der Waals surface area contributed by atoms with Crippen LogP contribution in [0.25, 0.3) is 0 Å². The van der Waals surface area contributed by atoms with Gasteiger partial charge in [0, 0.05) is 22.7 Å². The van der Waals surface area contributed by atoms with E-state index in [4.69, 9.17) is 0 Å². The van der Waals surface area contributed by atoms with Crippen LogP contribution in [-0.2, 0) is 4.79 Å². The summed E-state index contributed by atoms with van der Waals surface area (Å²) >= 11 is 0. The van der Waals surface area contributed by atoms with Crippen LogP contribution in [0, 0.1) is 5.82 Å². The van der Waals surface area contributed by atoms with Gasteiger partial charge in [0.05, 0.1) is 12.8 Å². The zero-order valence-electron chi connectivity index (χ0n) is 17.9. The first-order chi connectivity index (χ1) is 16.2. The monoisotopic (exact) mass is 438 g/mol. The lowest BCUT2D eigenvalue weighted by molar-refractivity contribution is -0.119. The summed E-state index contributed by atoms with van der Waals surface area (Å²) in [5.41, 5.74) is 7.13. The molecule has 0 aromatic heterocycles. The Hall–Kier alpha value is -4.45. The van der Waals surface area contributed by atoms with Gasteiger partial charge in [-0.25, -0.2) is 9.82 Å². The molecule has 0 aliphatic carbocycles. The molecular formula is C27H23FN4O. The van der Waals surface area contributed by atoms with Crippen LogP contribution in [0.2, 0.25) is 0 Å². The molecule has 0 bridgehead atoms. The Morgan fingerprint density at radius 1 is 0.758 bits per heavy atom. The van der Waals surface area contributed by atoms with Crippen LogP contribution in [-0.4, -0.2) is 18.7 Å². The molecule has 6 heteroatoms. The molecule has 0 aliphatic rings. The number of para-hydroxylation sites is 2. The maximum absolute atomic E-state index is 12.9. The summed E-state index contributed by atoms with van der Waals surface area (Å²) in [6.45, 7) is 0.0328. The number of benzene rings is 4. The summed E-state index contributed by atoms with van der Waals surface area (Å²) in [5, 5.41) is 6.93. The molecule has 0 heterocycles. The Morgan fingerprint density at radius 3 is 1.88 bits per heavy atom. The molecule has 1 amide bonds. The van der Waals surface area contributed by atoms with Gasteiger partial charge >= 0.3 is 0 Å². The van der Waals surface area contributed by atoms with E-state index in [1.807, 2.05) is 60.7 Å². The third-order valence-electron chi connectivity index (χ3n) is 4.88. The topological polar surface area (TPSA) is 56.7 Å². The van der Waals surface area contributed by atoms with Crippen molar-refractivity contribution in [3.63, 3.8) is 0 Å². The minimum absolute atomic E-state index is 0.0328. The molecule has 0 spiro atoms. The molecule has 0 fully saturated rings. The van der Waals surface area contributed by atoms with Gasteiger partial charge in [0.15, 0.2) is 0 Å². The second-order valence-electron chi connectivity index (χ2n) is 7.25. The van der Waals surface area contributed by atoms with Crippen LogP contribution < -0.4 is 15.6 Å². The van der Waals surface area contributed by atoms with Crippen molar-refractivity contribution in [3.05, 3.63) is 121 Å². The zero-order valence-corrected chi connectivity index (χ0v) is 17.9. The summed E-state index contributed by atoms with van der Waals surface area (Å²) in [5.74, 6) is -0.622. The van der Waals surface area contributed by atoms with Crippen LogP contribution in [0.4, 0.5) is 27.1 Å². The summed E-state index contributed by atoms with van der Waals surface area (Å²) in [6.07, 6.45) is 1.59. The van der Waals surface area contributed by atoms with Crippen molar-refractivity contribution in [3.8, 4) is 0 Å². The summed E-state index contributed by atoms with van der Waals surface area (Å²) in [4.78, 5) is 14.1. The number of hydrogen-bond donors (Lipinski definition) is 2. The molecule has 0 aliphatic heterocycles. The molecule has 4 rings (SSSR count). The third-order valence-corrected chi connectivity index (χ3v) is 4.88. The molecule has 0 atom stereocenters. The van der Waals surface area contributed by atoms with E-state index in [1.165, 1.54) is 12.1 Å². The fourth-order valence-corrected chi connectivity index (χ4v) is 3.28. The molecule has 0 saturated heterocycles. The average Bonchev–Trinajstić information content (AvgIpc) is 2.86. The van der Waals surface area contributed by atoms with Gasteiger partial charge in [-0.15, -0.1) is 0 Å². The Morgan fingerprint density at radius 2 is 1.30 bits per heavy atom. The van der Waals surface area contributed by atoms with Crippen LogP contribution in [0.3, 0.4) is 0 Å². The molecular weight excluding hydrogens is 415 g/mol. The molecule has 5 nitrogen and oxygen atoms in total. The van der Waals surface area contributed by atoms with Gasteiger partial charge in [-0.2, -0.15) is 5.10 Å². The summed E-state index contributed by atoms with van der Waals surface area (Å²) < 4.78 is 12.9. The molecule has 164 valence electrons. The third kappa shape index (κ3) is 6.04. The number of rotatable bonds is 8. The number of hydrazone groups is 1. The van der Waals surface area contributed by atoms with Crippen LogP contribution in [0.15, 0.2) is 114 Å². The van der Waals surface area contributed by atoms with Crippen LogP contribution in [0.5, 0.6) is 0 Å². The standard InChI is InChI=1S/C27H23FN4O/c28-22-13-15-23(16-14-22)29-20-27(33)31-30-19-21-11-17-26(18-12-21)32(24-7-3-1-4-8-24)25-9-5-2-6-10-25/h1-19,29H,20H2,(H,31,33)/b30-19+. The van der Waals surface area contributed by atoms with Gasteiger partial charge in [-0.1, -0.05) is 48.5 Å². The minimum atomic E-state index is -0.323. The first-order valence-corrected chi connectivity index (χ1v) is 10.5. The molecule has 33 heavy (non-hydrogen) atoms. The lowest BCUT2D eigenvalue weighted by atomic mass is 10.1. The van der Waals surface area contributed by atoms with E-state index in [0.717, 1.165) is 22.6 Å². The maximum atomic E-state index is 12.9. The lowest BCUT2D eigenvalue weighted by Gasteiger charge is -2.25. The van der Waals surface area contributed by atoms with Crippen molar-refractivity contribution in [2.24, 2.45) is 5.10 Å². The first-order valence-electron chi connectivity index (χ1n) is 10.5. The minimum Gasteiger partial charge on any atom is -0.376 e. The van der Waals surface area contributed by atoms with Gasteiger partial charge in [0.25, 0.3) is 5.91 Å². The van der Waals surface area contributed by atoms with Crippen LogP contribution >= 0.6 is 0 Å². The molecule has 0 saturated carbocycles. The first kappa shape index (κ1) is 21.8. The predicted octanol–water partition coefficient (Wildman–Crippen LogP) is 5.86. The van der Waals surface area contributed by atoms with E-state index < -0.39 is 0 Å². The van der Waals surface area contributed by atoms with Crippen molar-refractivity contribution in [1.82, 2.24) is 5.43 Å². The van der Waals surface area contributed by atoms with Crippen molar-refractivity contribution in [2.75, 3.05) is 16.8 Å². The Kier molecular flexibility index (Phi) is 7.08. The molecule has 4 aromatic rings. The lowest BCUT2D eigenvalue weighted by Crippen LogP contribution is -2.25. The second kappa shape index (κ2) is 10.7. The highest BCUT2D eigenvalue weighted by atomic mass is 19.1.